The molecule has 1 aliphatic rings. The fraction of sp³-hybridized carbons (Fsp3) is 0.353. The Bertz CT molecular complexity index is 775. The van der Waals surface area contributed by atoms with Gasteiger partial charge in [-0.2, -0.15) is 0 Å². The van der Waals surface area contributed by atoms with Crippen molar-refractivity contribution in [3.63, 3.8) is 0 Å². The number of aromatic nitrogens is 1. The Morgan fingerprint density at radius 2 is 1.83 bits per heavy atom. The van der Waals surface area contributed by atoms with Gasteiger partial charge < -0.3 is 15.2 Å². The van der Waals surface area contributed by atoms with Crippen molar-refractivity contribution < 1.29 is 14.1 Å². The summed E-state index contributed by atoms with van der Waals surface area (Å²) in [6.45, 7) is 5.67. The van der Waals surface area contributed by atoms with E-state index in [1.165, 1.54) is 0 Å². The molecule has 0 unspecified atom stereocenters. The van der Waals surface area contributed by atoms with Gasteiger partial charge in [0, 0.05) is 11.8 Å². The lowest BCUT2D eigenvalue weighted by Crippen LogP contribution is -2.35. The van der Waals surface area contributed by atoms with E-state index in [0.717, 1.165) is 16.8 Å². The minimum absolute atomic E-state index is 0.274. The number of amides is 2. The second kappa shape index (κ2) is 5.53. The van der Waals surface area contributed by atoms with Crippen LogP contribution in [0.1, 0.15) is 29.7 Å². The Balaban J connectivity index is 1.73. The van der Waals surface area contributed by atoms with E-state index in [4.69, 9.17) is 4.52 Å². The van der Waals surface area contributed by atoms with Gasteiger partial charge in [0.1, 0.15) is 11.2 Å². The highest BCUT2D eigenvalue weighted by molar-refractivity contribution is 6.16. The summed E-state index contributed by atoms with van der Waals surface area (Å²) in [5.41, 5.74) is 1.83. The first kappa shape index (κ1) is 15.3. The van der Waals surface area contributed by atoms with Crippen molar-refractivity contribution >= 4 is 23.3 Å². The van der Waals surface area contributed by atoms with Crippen molar-refractivity contribution in [3.8, 4) is 0 Å². The topological polar surface area (TPSA) is 84.2 Å². The molecule has 6 heteroatoms. The average Bonchev–Trinajstić information content (AvgIpc) is 3.23. The highest BCUT2D eigenvalue weighted by Crippen LogP contribution is 2.47. The summed E-state index contributed by atoms with van der Waals surface area (Å²) < 4.78 is 4.92. The van der Waals surface area contributed by atoms with E-state index < -0.39 is 5.41 Å². The number of nitrogens with one attached hydrogen (secondary N) is 2. The molecule has 0 radical (unpaired) electrons. The number of aryl methyl sites for hydroxylation is 2. The average molecular weight is 313 g/mol. The molecular weight excluding hydrogens is 294 g/mol. The summed E-state index contributed by atoms with van der Waals surface area (Å²) in [4.78, 5) is 25.0. The van der Waals surface area contributed by atoms with E-state index in [1.54, 1.807) is 13.0 Å². The number of anilines is 2. The molecule has 2 aromatic rings. The molecule has 1 fully saturated rings. The summed E-state index contributed by atoms with van der Waals surface area (Å²) in [5.74, 6) is 0.320. The zero-order valence-electron chi connectivity index (χ0n) is 13.4. The van der Waals surface area contributed by atoms with E-state index in [2.05, 4.69) is 15.8 Å². The van der Waals surface area contributed by atoms with Gasteiger partial charge in [0.2, 0.25) is 11.8 Å². The van der Waals surface area contributed by atoms with Crippen LogP contribution in [0.3, 0.4) is 0 Å². The number of hydrogen-bond donors (Lipinski definition) is 2. The molecule has 2 amide bonds. The van der Waals surface area contributed by atoms with Gasteiger partial charge >= 0.3 is 0 Å². The van der Waals surface area contributed by atoms with Crippen LogP contribution in [0.25, 0.3) is 0 Å². The normalized spacial score (nSPS) is 15.1. The first-order valence-corrected chi connectivity index (χ1v) is 7.55. The molecular formula is C17H19N3O3. The van der Waals surface area contributed by atoms with Gasteiger partial charge in [-0.3, -0.25) is 9.59 Å². The minimum Gasteiger partial charge on any atom is -0.360 e. The predicted octanol–water partition coefficient (Wildman–Crippen LogP) is 2.96. The van der Waals surface area contributed by atoms with E-state index in [-0.39, 0.29) is 11.8 Å². The zero-order valence-corrected chi connectivity index (χ0v) is 13.4. The van der Waals surface area contributed by atoms with E-state index in [0.29, 0.717) is 24.4 Å². The third-order valence-electron chi connectivity index (χ3n) is 4.34. The fourth-order valence-corrected chi connectivity index (χ4v) is 2.47. The molecule has 0 saturated heterocycles. The molecule has 6 nitrogen and oxygen atoms in total. The number of hydrogen-bond acceptors (Lipinski definition) is 4. The van der Waals surface area contributed by atoms with Crippen LogP contribution in [-0.2, 0) is 9.59 Å². The summed E-state index contributed by atoms with van der Waals surface area (Å²) in [7, 11) is 0. The van der Waals surface area contributed by atoms with Crippen molar-refractivity contribution in [1.29, 1.82) is 0 Å². The van der Waals surface area contributed by atoms with Crippen molar-refractivity contribution in [2.75, 3.05) is 10.6 Å². The molecule has 120 valence electrons. The molecule has 3 rings (SSSR count). The molecule has 0 aliphatic heterocycles. The standard InChI is InChI=1S/C17H19N3O3/c1-10-5-4-6-13(12(10)3)18-15(21)17(7-8-17)16(22)19-14-9-11(2)23-20-14/h4-6,9H,7-8H2,1-3H3,(H,18,21)(H,19,20,22). The zero-order chi connectivity index (χ0) is 16.6. The van der Waals surface area contributed by atoms with Gasteiger partial charge in [-0.15, -0.1) is 0 Å². The van der Waals surface area contributed by atoms with Gasteiger partial charge in [-0.25, -0.2) is 0 Å². The molecule has 23 heavy (non-hydrogen) atoms. The molecule has 1 aliphatic carbocycles. The smallest absolute Gasteiger partial charge is 0.241 e. The first-order chi connectivity index (χ1) is 10.9. The number of nitrogens with zero attached hydrogens (tertiary/aromatic N) is 1. The quantitative estimate of drug-likeness (QED) is 0.850. The van der Waals surface area contributed by atoms with Gasteiger partial charge in [-0.05, 0) is 50.8 Å². The van der Waals surface area contributed by atoms with E-state index in [9.17, 15) is 9.59 Å². The fourth-order valence-electron chi connectivity index (χ4n) is 2.47. The van der Waals surface area contributed by atoms with E-state index in [1.807, 2.05) is 32.0 Å². The van der Waals surface area contributed by atoms with Crippen LogP contribution in [0.4, 0.5) is 11.5 Å². The Kier molecular flexibility index (Phi) is 3.67. The Morgan fingerprint density at radius 3 is 2.43 bits per heavy atom. The van der Waals surface area contributed by atoms with Gasteiger partial charge in [0.15, 0.2) is 5.82 Å². The Morgan fingerprint density at radius 1 is 1.13 bits per heavy atom. The maximum atomic E-state index is 12.6. The Hall–Kier alpha value is -2.63. The largest absolute Gasteiger partial charge is 0.360 e. The summed E-state index contributed by atoms with van der Waals surface area (Å²) in [6, 6.07) is 7.33. The summed E-state index contributed by atoms with van der Waals surface area (Å²) >= 11 is 0. The molecule has 0 bridgehead atoms. The summed E-state index contributed by atoms with van der Waals surface area (Å²) in [5, 5.41) is 9.26. The predicted molar refractivity (Wildman–Crippen MR) is 86.1 cm³/mol. The lowest BCUT2D eigenvalue weighted by Gasteiger charge is -2.16. The maximum Gasteiger partial charge on any atom is 0.241 e. The number of rotatable bonds is 4. The SMILES string of the molecule is Cc1cc(NC(=O)C2(C(=O)Nc3cccc(C)c3C)CC2)no1. The van der Waals surface area contributed by atoms with Gasteiger partial charge in [0.05, 0.1) is 0 Å². The Labute approximate surface area is 134 Å². The monoisotopic (exact) mass is 313 g/mol. The second-order valence-electron chi connectivity index (χ2n) is 6.06. The molecule has 1 aromatic heterocycles. The number of carbonyl (C=O) groups excluding carboxylic acids is 2. The minimum atomic E-state index is -1.01. The maximum absolute atomic E-state index is 12.6. The van der Waals surface area contributed by atoms with Gasteiger partial charge in [-0.1, -0.05) is 17.3 Å². The third kappa shape index (κ3) is 2.84. The van der Waals surface area contributed by atoms with Crippen LogP contribution in [0, 0.1) is 26.2 Å². The lowest BCUT2D eigenvalue weighted by atomic mass is 10.0. The highest BCUT2D eigenvalue weighted by atomic mass is 16.5. The molecule has 0 atom stereocenters. The van der Waals surface area contributed by atoms with Crippen LogP contribution < -0.4 is 10.6 Å². The van der Waals surface area contributed by atoms with Crippen LogP contribution in [-0.4, -0.2) is 17.0 Å². The van der Waals surface area contributed by atoms with Crippen LogP contribution in [0.2, 0.25) is 0 Å². The van der Waals surface area contributed by atoms with Crippen LogP contribution in [0.15, 0.2) is 28.8 Å². The van der Waals surface area contributed by atoms with Crippen LogP contribution >= 0.6 is 0 Å². The first-order valence-electron chi connectivity index (χ1n) is 7.55. The molecule has 1 saturated carbocycles. The molecule has 0 spiro atoms. The second-order valence-corrected chi connectivity index (χ2v) is 6.06. The molecule has 1 aromatic carbocycles. The molecule has 2 N–H and O–H groups in total. The lowest BCUT2D eigenvalue weighted by molar-refractivity contribution is -0.131. The van der Waals surface area contributed by atoms with Crippen molar-refractivity contribution in [1.82, 2.24) is 5.16 Å². The van der Waals surface area contributed by atoms with Crippen LogP contribution in [0.5, 0.6) is 0 Å². The van der Waals surface area contributed by atoms with Crippen molar-refractivity contribution in [2.24, 2.45) is 5.41 Å². The van der Waals surface area contributed by atoms with Crippen molar-refractivity contribution in [2.45, 2.75) is 33.6 Å². The highest BCUT2D eigenvalue weighted by Gasteiger charge is 2.56. The van der Waals surface area contributed by atoms with Gasteiger partial charge in [0.25, 0.3) is 0 Å². The number of benzene rings is 1. The number of carbonyl (C=O) groups is 2. The third-order valence-corrected chi connectivity index (χ3v) is 4.34. The van der Waals surface area contributed by atoms with Crippen molar-refractivity contribution in [3.05, 3.63) is 41.2 Å². The molecule has 1 heterocycles. The summed E-state index contributed by atoms with van der Waals surface area (Å²) in [6.07, 6.45) is 1.07. The van der Waals surface area contributed by atoms with E-state index >= 15 is 0 Å².